The molecule has 1 unspecified atom stereocenters. The highest BCUT2D eigenvalue weighted by molar-refractivity contribution is 7.89. The van der Waals surface area contributed by atoms with Crippen LogP contribution < -0.4 is 0 Å². The van der Waals surface area contributed by atoms with Crippen molar-refractivity contribution in [2.45, 2.75) is 45.4 Å². The quantitative estimate of drug-likeness (QED) is 0.859. The summed E-state index contributed by atoms with van der Waals surface area (Å²) in [4.78, 5) is 12.2. The Morgan fingerprint density at radius 3 is 2.19 bits per heavy atom. The van der Waals surface area contributed by atoms with Crippen molar-refractivity contribution in [1.29, 1.82) is 0 Å². The largest absolute Gasteiger partial charge is 0.274 e. The van der Waals surface area contributed by atoms with E-state index in [1.165, 1.54) is 5.56 Å². The lowest BCUT2D eigenvalue weighted by Gasteiger charge is -2.18. The van der Waals surface area contributed by atoms with Crippen LogP contribution in [0.2, 0.25) is 0 Å². The molecule has 1 atom stereocenters. The van der Waals surface area contributed by atoms with Gasteiger partial charge in [0.1, 0.15) is 0 Å². The summed E-state index contributed by atoms with van der Waals surface area (Å²) in [5.41, 5.74) is 2.34. The molecule has 0 spiro atoms. The van der Waals surface area contributed by atoms with Gasteiger partial charge in [-0.15, -0.1) is 0 Å². The van der Waals surface area contributed by atoms with Gasteiger partial charge in [0, 0.05) is 13.0 Å². The molecule has 21 heavy (non-hydrogen) atoms. The predicted octanol–water partition coefficient (Wildman–Crippen LogP) is 2.87. The normalized spacial score (nSPS) is 19.0. The van der Waals surface area contributed by atoms with Crippen LogP contribution in [0, 0.1) is 0 Å². The maximum atomic E-state index is 12.2. The van der Waals surface area contributed by atoms with Crippen LogP contribution >= 0.6 is 0 Å². The Morgan fingerprint density at radius 2 is 1.71 bits per heavy atom. The number of hydrogen-bond acceptors (Lipinski definition) is 3. The van der Waals surface area contributed by atoms with Crippen LogP contribution in [0.3, 0.4) is 0 Å². The average molecular weight is 309 g/mol. The van der Waals surface area contributed by atoms with Gasteiger partial charge in [-0.05, 0) is 29.4 Å². The van der Waals surface area contributed by atoms with Crippen molar-refractivity contribution in [2.75, 3.05) is 12.3 Å². The number of carbonyl (C=O) groups is 1. The second kappa shape index (κ2) is 6.18. The van der Waals surface area contributed by atoms with Crippen LogP contribution in [0.15, 0.2) is 24.3 Å². The molecule has 1 aliphatic heterocycles. The van der Waals surface area contributed by atoms with Gasteiger partial charge in [0.25, 0.3) is 0 Å². The molecule has 1 aromatic carbocycles. The third-order valence-corrected chi connectivity index (χ3v) is 5.89. The molecule has 1 aliphatic rings. The smallest absolute Gasteiger partial charge is 0.237 e. The van der Waals surface area contributed by atoms with Crippen LogP contribution in [-0.4, -0.2) is 30.9 Å². The Hall–Kier alpha value is -1.36. The first kappa shape index (κ1) is 16.0. The van der Waals surface area contributed by atoms with Gasteiger partial charge in [0.05, 0.1) is 5.75 Å². The molecule has 1 heterocycles. The summed E-state index contributed by atoms with van der Waals surface area (Å²) in [6.45, 7) is 6.57. The van der Waals surface area contributed by atoms with Gasteiger partial charge < -0.3 is 0 Å². The third kappa shape index (κ3) is 3.64. The summed E-state index contributed by atoms with van der Waals surface area (Å²) < 4.78 is 24.5. The number of nitrogens with zero attached hydrogens (tertiary/aromatic N) is 1. The molecule has 2 rings (SSSR count). The minimum absolute atomic E-state index is 0.0227. The van der Waals surface area contributed by atoms with Crippen molar-refractivity contribution in [3.05, 3.63) is 35.4 Å². The predicted molar refractivity (Wildman–Crippen MR) is 83.7 cm³/mol. The second-order valence-electron chi connectivity index (χ2n) is 6.06. The van der Waals surface area contributed by atoms with Crippen molar-refractivity contribution in [3.8, 4) is 0 Å². The van der Waals surface area contributed by atoms with Gasteiger partial charge in [-0.1, -0.05) is 45.0 Å². The molecular formula is C16H23NO3S. The van der Waals surface area contributed by atoms with Gasteiger partial charge in [0.2, 0.25) is 15.9 Å². The van der Waals surface area contributed by atoms with E-state index >= 15 is 0 Å². The van der Waals surface area contributed by atoms with Gasteiger partial charge in [-0.25, -0.2) is 12.7 Å². The summed E-state index contributed by atoms with van der Waals surface area (Å²) in [7, 11) is -3.35. The summed E-state index contributed by atoms with van der Waals surface area (Å²) in [6, 6.07) is 8.22. The molecular weight excluding hydrogens is 286 g/mol. The molecule has 0 aromatic heterocycles. The Bertz CT molecular complexity index is 605. The lowest BCUT2D eigenvalue weighted by atomic mass is 9.94. The molecule has 4 nitrogen and oxygen atoms in total. The maximum Gasteiger partial charge on any atom is 0.237 e. The Kier molecular flexibility index (Phi) is 4.71. The van der Waals surface area contributed by atoms with E-state index in [1.807, 2.05) is 19.1 Å². The molecule has 1 saturated heterocycles. The molecule has 0 N–H and O–H groups in total. The van der Waals surface area contributed by atoms with Gasteiger partial charge in [0.15, 0.2) is 0 Å². The monoisotopic (exact) mass is 309 g/mol. The third-order valence-electron chi connectivity index (χ3n) is 4.03. The molecule has 116 valence electrons. The minimum atomic E-state index is -3.35. The fourth-order valence-corrected chi connectivity index (χ4v) is 4.12. The highest BCUT2D eigenvalue weighted by Crippen LogP contribution is 2.24. The highest BCUT2D eigenvalue weighted by atomic mass is 32.2. The van der Waals surface area contributed by atoms with Crippen LogP contribution in [0.4, 0.5) is 0 Å². The summed E-state index contributed by atoms with van der Waals surface area (Å²) >= 11 is 0. The van der Waals surface area contributed by atoms with Gasteiger partial charge in [-0.2, -0.15) is 0 Å². The van der Waals surface area contributed by atoms with E-state index in [2.05, 4.69) is 26.0 Å². The number of rotatable bonds is 4. The maximum absolute atomic E-state index is 12.2. The van der Waals surface area contributed by atoms with Crippen molar-refractivity contribution >= 4 is 15.9 Å². The minimum Gasteiger partial charge on any atom is -0.274 e. The van der Waals surface area contributed by atoms with Crippen LogP contribution in [0.25, 0.3) is 0 Å². The Morgan fingerprint density at radius 1 is 1.14 bits per heavy atom. The van der Waals surface area contributed by atoms with Crippen molar-refractivity contribution in [2.24, 2.45) is 0 Å². The zero-order valence-electron chi connectivity index (χ0n) is 12.9. The summed E-state index contributed by atoms with van der Waals surface area (Å²) in [5.74, 6) is 0.309. The van der Waals surface area contributed by atoms with E-state index in [0.29, 0.717) is 18.9 Å². The van der Waals surface area contributed by atoms with Crippen LogP contribution in [0.1, 0.15) is 56.6 Å². The molecule has 0 saturated carbocycles. The first-order valence-electron chi connectivity index (χ1n) is 7.44. The molecule has 5 heteroatoms. The number of benzene rings is 1. The molecule has 1 amide bonds. The second-order valence-corrected chi connectivity index (χ2v) is 8.07. The summed E-state index contributed by atoms with van der Waals surface area (Å²) in [5, 5.41) is 0. The van der Waals surface area contributed by atoms with E-state index in [-0.39, 0.29) is 24.0 Å². The highest BCUT2D eigenvalue weighted by Gasteiger charge is 2.32. The van der Waals surface area contributed by atoms with E-state index in [1.54, 1.807) is 0 Å². The lowest BCUT2D eigenvalue weighted by molar-refractivity contribution is -0.126. The molecule has 1 fully saturated rings. The van der Waals surface area contributed by atoms with E-state index in [9.17, 15) is 13.2 Å². The Labute approximate surface area is 127 Å². The fourth-order valence-electron chi connectivity index (χ4n) is 2.61. The topological polar surface area (TPSA) is 54.5 Å². The first-order chi connectivity index (χ1) is 9.81. The zero-order chi connectivity index (χ0) is 15.6. The average Bonchev–Trinajstić information content (AvgIpc) is 2.78. The van der Waals surface area contributed by atoms with Crippen molar-refractivity contribution in [3.63, 3.8) is 0 Å². The number of amides is 1. The van der Waals surface area contributed by atoms with Crippen LogP contribution in [0.5, 0.6) is 0 Å². The van der Waals surface area contributed by atoms with Crippen molar-refractivity contribution < 1.29 is 13.2 Å². The van der Waals surface area contributed by atoms with Gasteiger partial charge >= 0.3 is 0 Å². The van der Waals surface area contributed by atoms with E-state index in [0.717, 1.165) is 9.87 Å². The number of sulfonamides is 1. The summed E-state index contributed by atoms with van der Waals surface area (Å²) in [6.07, 6.45) is 0.784. The standard InChI is InChI=1S/C16H23NO3S/c1-12(2)14-5-7-15(8-6-14)13(3)11-16(18)17-9-4-10-21(17,19)20/h5-8,12-13H,4,9-11H2,1-3H3. The van der Waals surface area contributed by atoms with Gasteiger partial charge in [-0.3, -0.25) is 4.79 Å². The molecule has 0 bridgehead atoms. The van der Waals surface area contributed by atoms with E-state index < -0.39 is 10.0 Å². The first-order valence-corrected chi connectivity index (χ1v) is 9.05. The molecule has 1 aromatic rings. The zero-order valence-corrected chi connectivity index (χ0v) is 13.7. The van der Waals surface area contributed by atoms with E-state index in [4.69, 9.17) is 0 Å². The molecule has 0 radical (unpaired) electrons. The SMILES string of the molecule is CC(C)c1ccc(C(C)CC(=O)N2CCCS2(=O)=O)cc1. The Balaban J connectivity index is 2.04. The van der Waals surface area contributed by atoms with Crippen LogP contribution in [-0.2, 0) is 14.8 Å². The number of carbonyl (C=O) groups excluding carboxylic acids is 1. The fraction of sp³-hybridized carbons (Fsp3) is 0.562. The molecule has 0 aliphatic carbocycles. The number of hydrogen-bond donors (Lipinski definition) is 0. The lowest BCUT2D eigenvalue weighted by Crippen LogP contribution is -2.33. The van der Waals surface area contributed by atoms with Crippen molar-refractivity contribution in [1.82, 2.24) is 4.31 Å².